The molecule has 19 heavy (non-hydrogen) atoms. The number of hydrogen-bond acceptors (Lipinski definition) is 3. The van der Waals surface area contributed by atoms with Gasteiger partial charge in [0.15, 0.2) is 0 Å². The number of nitrogens with one attached hydrogen (secondary N) is 1. The highest BCUT2D eigenvalue weighted by Crippen LogP contribution is 2.31. The molecule has 0 amide bonds. The van der Waals surface area contributed by atoms with E-state index in [4.69, 9.17) is 0 Å². The Morgan fingerprint density at radius 1 is 1.16 bits per heavy atom. The van der Waals surface area contributed by atoms with Crippen molar-refractivity contribution in [3.8, 4) is 0 Å². The van der Waals surface area contributed by atoms with Crippen molar-refractivity contribution in [1.82, 2.24) is 9.62 Å². The van der Waals surface area contributed by atoms with Crippen LogP contribution in [0.2, 0.25) is 0 Å². The second kappa shape index (κ2) is 6.55. The van der Waals surface area contributed by atoms with E-state index in [1.165, 1.54) is 19.3 Å². The monoisotopic (exact) mass is 288 g/mol. The molecule has 1 unspecified atom stereocenters. The quantitative estimate of drug-likeness (QED) is 0.860. The molecule has 1 N–H and O–H groups in total. The van der Waals surface area contributed by atoms with Crippen molar-refractivity contribution in [2.75, 3.05) is 20.1 Å². The summed E-state index contributed by atoms with van der Waals surface area (Å²) in [6.07, 6.45) is 7.46. The standard InChI is InChI=1S/C14H28N2O2S/c1-3-12-6-8-13(9-7-12)16(2)19(17,18)14-5-4-10-15-11-14/h12-15H,3-11H2,1-2H3. The maximum Gasteiger partial charge on any atom is 0.218 e. The largest absolute Gasteiger partial charge is 0.315 e. The van der Waals surface area contributed by atoms with Gasteiger partial charge in [-0.1, -0.05) is 13.3 Å². The summed E-state index contributed by atoms with van der Waals surface area (Å²) < 4.78 is 26.9. The van der Waals surface area contributed by atoms with Crippen LogP contribution >= 0.6 is 0 Å². The Kier molecular flexibility index (Phi) is 5.26. The second-order valence-electron chi connectivity index (χ2n) is 6.11. The predicted molar refractivity (Wildman–Crippen MR) is 78.6 cm³/mol. The minimum atomic E-state index is -3.12. The normalized spacial score (nSPS) is 33.5. The van der Waals surface area contributed by atoms with Crippen LogP contribution in [-0.2, 0) is 10.0 Å². The van der Waals surface area contributed by atoms with Gasteiger partial charge in [-0.25, -0.2) is 12.7 Å². The van der Waals surface area contributed by atoms with Crippen LogP contribution < -0.4 is 5.32 Å². The summed E-state index contributed by atoms with van der Waals surface area (Å²) in [6, 6.07) is 0.231. The molecule has 0 bridgehead atoms. The topological polar surface area (TPSA) is 49.4 Å². The van der Waals surface area contributed by atoms with Gasteiger partial charge in [-0.3, -0.25) is 0 Å². The predicted octanol–water partition coefficient (Wildman–Crippen LogP) is 1.97. The first kappa shape index (κ1) is 15.3. The lowest BCUT2D eigenvalue weighted by atomic mass is 9.85. The zero-order valence-corrected chi connectivity index (χ0v) is 13.1. The van der Waals surface area contributed by atoms with Gasteiger partial charge in [0.25, 0.3) is 0 Å². The van der Waals surface area contributed by atoms with Gasteiger partial charge in [0.05, 0.1) is 5.25 Å². The molecular formula is C14H28N2O2S. The molecule has 0 radical (unpaired) electrons. The lowest BCUT2D eigenvalue weighted by Gasteiger charge is -2.36. The van der Waals surface area contributed by atoms with Crippen molar-refractivity contribution in [2.45, 2.75) is 63.2 Å². The Bertz CT molecular complexity index is 369. The zero-order chi connectivity index (χ0) is 13.9. The third kappa shape index (κ3) is 3.50. The summed E-state index contributed by atoms with van der Waals surface area (Å²) >= 11 is 0. The van der Waals surface area contributed by atoms with Gasteiger partial charge < -0.3 is 5.32 Å². The molecule has 1 atom stereocenters. The molecule has 112 valence electrons. The third-order valence-corrected chi connectivity index (χ3v) is 7.33. The van der Waals surface area contributed by atoms with Gasteiger partial charge in [-0.2, -0.15) is 0 Å². The van der Waals surface area contributed by atoms with Crippen LogP contribution in [0, 0.1) is 5.92 Å². The minimum absolute atomic E-state index is 0.213. The highest BCUT2D eigenvalue weighted by Gasteiger charge is 2.35. The van der Waals surface area contributed by atoms with Gasteiger partial charge >= 0.3 is 0 Å². The summed E-state index contributed by atoms with van der Waals surface area (Å²) in [5.41, 5.74) is 0. The Morgan fingerprint density at radius 2 is 1.84 bits per heavy atom. The van der Waals surface area contributed by atoms with Gasteiger partial charge in [0, 0.05) is 19.6 Å². The first-order chi connectivity index (χ1) is 9.05. The van der Waals surface area contributed by atoms with E-state index in [2.05, 4.69) is 12.2 Å². The molecule has 0 aromatic rings. The maximum absolute atomic E-state index is 12.6. The van der Waals surface area contributed by atoms with E-state index >= 15 is 0 Å². The molecule has 1 aliphatic carbocycles. The third-order valence-electron chi connectivity index (χ3n) is 4.98. The van der Waals surface area contributed by atoms with Crippen LogP contribution in [0.4, 0.5) is 0 Å². The number of sulfonamides is 1. The highest BCUT2D eigenvalue weighted by atomic mass is 32.2. The van der Waals surface area contributed by atoms with Crippen molar-refractivity contribution in [1.29, 1.82) is 0 Å². The molecule has 1 aliphatic heterocycles. The van der Waals surface area contributed by atoms with Crippen molar-refractivity contribution in [2.24, 2.45) is 5.92 Å². The molecule has 1 saturated carbocycles. The molecule has 1 saturated heterocycles. The summed E-state index contributed by atoms with van der Waals surface area (Å²) in [4.78, 5) is 0. The van der Waals surface area contributed by atoms with E-state index in [-0.39, 0.29) is 11.3 Å². The summed E-state index contributed by atoms with van der Waals surface area (Å²) in [5, 5.41) is 3.00. The molecular weight excluding hydrogens is 260 g/mol. The van der Waals surface area contributed by atoms with Crippen LogP contribution in [0.25, 0.3) is 0 Å². The molecule has 0 aromatic carbocycles. The smallest absolute Gasteiger partial charge is 0.218 e. The Balaban J connectivity index is 1.96. The van der Waals surface area contributed by atoms with Gasteiger partial charge in [-0.15, -0.1) is 0 Å². The molecule has 2 fully saturated rings. The Hall–Kier alpha value is -0.130. The number of piperidine rings is 1. The van der Waals surface area contributed by atoms with Crippen LogP contribution in [-0.4, -0.2) is 44.2 Å². The van der Waals surface area contributed by atoms with Gasteiger partial charge in [-0.05, 0) is 51.0 Å². The van der Waals surface area contributed by atoms with Crippen molar-refractivity contribution in [3.63, 3.8) is 0 Å². The molecule has 2 rings (SSSR count). The van der Waals surface area contributed by atoms with E-state index in [1.54, 1.807) is 11.4 Å². The minimum Gasteiger partial charge on any atom is -0.315 e. The Morgan fingerprint density at radius 3 is 2.37 bits per heavy atom. The van der Waals surface area contributed by atoms with E-state index in [9.17, 15) is 8.42 Å². The van der Waals surface area contributed by atoms with Crippen molar-refractivity contribution in [3.05, 3.63) is 0 Å². The molecule has 5 heteroatoms. The fourth-order valence-corrected chi connectivity index (χ4v) is 5.32. The molecule has 1 heterocycles. The van der Waals surface area contributed by atoms with Crippen molar-refractivity contribution >= 4 is 10.0 Å². The fraction of sp³-hybridized carbons (Fsp3) is 1.00. The van der Waals surface area contributed by atoms with Gasteiger partial charge in [0.1, 0.15) is 0 Å². The summed E-state index contributed by atoms with van der Waals surface area (Å²) in [6.45, 7) is 3.81. The van der Waals surface area contributed by atoms with E-state index in [1.807, 2.05) is 0 Å². The lowest BCUT2D eigenvalue weighted by molar-refractivity contribution is 0.230. The van der Waals surface area contributed by atoms with Crippen molar-refractivity contribution < 1.29 is 8.42 Å². The summed E-state index contributed by atoms with van der Waals surface area (Å²) in [5.74, 6) is 0.809. The van der Waals surface area contributed by atoms with E-state index in [0.29, 0.717) is 6.54 Å². The van der Waals surface area contributed by atoms with Crippen LogP contribution in [0.15, 0.2) is 0 Å². The molecule has 0 spiro atoms. The summed E-state index contributed by atoms with van der Waals surface area (Å²) in [7, 11) is -1.32. The van der Waals surface area contributed by atoms with Crippen LogP contribution in [0.5, 0.6) is 0 Å². The SMILES string of the molecule is CCC1CCC(N(C)S(=O)(=O)C2CCCNC2)CC1. The number of nitrogens with zero attached hydrogens (tertiary/aromatic N) is 1. The Labute approximate surface area is 118 Å². The van der Waals surface area contributed by atoms with E-state index < -0.39 is 10.0 Å². The molecule has 2 aliphatic rings. The van der Waals surface area contributed by atoms with E-state index in [0.717, 1.165) is 38.1 Å². The van der Waals surface area contributed by atoms with Gasteiger partial charge in [0.2, 0.25) is 10.0 Å². The maximum atomic E-state index is 12.6. The van der Waals surface area contributed by atoms with Crippen LogP contribution in [0.3, 0.4) is 0 Å². The molecule has 4 nitrogen and oxygen atoms in total. The number of hydrogen-bond donors (Lipinski definition) is 1. The average Bonchev–Trinajstić information content (AvgIpc) is 2.47. The number of rotatable bonds is 4. The van der Waals surface area contributed by atoms with Crippen LogP contribution in [0.1, 0.15) is 51.9 Å². The lowest BCUT2D eigenvalue weighted by Crippen LogP contribution is -2.48. The first-order valence-electron chi connectivity index (χ1n) is 7.73. The fourth-order valence-electron chi connectivity index (χ4n) is 3.43. The average molecular weight is 288 g/mol. The zero-order valence-electron chi connectivity index (χ0n) is 12.3. The molecule has 0 aromatic heterocycles. The first-order valence-corrected chi connectivity index (χ1v) is 9.23. The second-order valence-corrected chi connectivity index (χ2v) is 8.38. The highest BCUT2D eigenvalue weighted by molar-refractivity contribution is 7.89.